The number of hydrogen-bond acceptors (Lipinski definition) is 3. The Morgan fingerprint density at radius 2 is 1.93 bits per heavy atom. The van der Waals surface area contributed by atoms with E-state index in [4.69, 9.17) is 9.29 Å². The van der Waals surface area contributed by atoms with E-state index in [9.17, 15) is 8.42 Å². The second-order valence-corrected chi connectivity index (χ2v) is 4.63. The lowest BCUT2D eigenvalue weighted by Gasteiger charge is -2.12. The monoisotopic (exact) mass is 230 g/mol. The van der Waals surface area contributed by atoms with E-state index in [1.165, 1.54) is 6.07 Å². The Labute approximate surface area is 89.6 Å². The van der Waals surface area contributed by atoms with Crippen molar-refractivity contribution < 1.29 is 17.7 Å². The highest BCUT2D eigenvalue weighted by molar-refractivity contribution is 7.86. The molecule has 0 aliphatic heterocycles. The standard InChI is InChI=1S/C10H14O4S/c1-4-14-10-8(3)7(2)5-6-9(10)15(11,12)13/h5-6H,4H2,1-3H3,(H,11,12,13). The maximum absolute atomic E-state index is 11.1. The molecular weight excluding hydrogens is 216 g/mol. The highest BCUT2D eigenvalue weighted by Crippen LogP contribution is 2.29. The van der Waals surface area contributed by atoms with Crippen molar-refractivity contribution >= 4 is 10.1 Å². The summed E-state index contributed by atoms with van der Waals surface area (Å²) in [5.74, 6) is 0.236. The second-order valence-electron chi connectivity index (χ2n) is 3.24. The van der Waals surface area contributed by atoms with Crippen LogP contribution in [0.5, 0.6) is 5.75 Å². The average Bonchev–Trinajstić information content (AvgIpc) is 2.11. The van der Waals surface area contributed by atoms with Crippen LogP contribution in [0.1, 0.15) is 18.1 Å². The lowest BCUT2D eigenvalue weighted by atomic mass is 10.1. The Balaban J connectivity index is 3.47. The largest absolute Gasteiger partial charge is 0.492 e. The smallest absolute Gasteiger partial charge is 0.298 e. The van der Waals surface area contributed by atoms with Crippen LogP contribution in [0.3, 0.4) is 0 Å². The van der Waals surface area contributed by atoms with Crippen molar-refractivity contribution in [3.05, 3.63) is 23.3 Å². The molecule has 5 heteroatoms. The molecule has 1 N–H and O–H groups in total. The molecule has 1 rings (SSSR count). The highest BCUT2D eigenvalue weighted by atomic mass is 32.2. The van der Waals surface area contributed by atoms with E-state index in [1.807, 2.05) is 6.92 Å². The summed E-state index contributed by atoms with van der Waals surface area (Å²) < 4.78 is 36.4. The Morgan fingerprint density at radius 3 is 2.40 bits per heavy atom. The summed E-state index contributed by atoms with van der Waals surface area (Å²) >= 11 is 0. The summed E-state index contributed by atoms with van der Waals surface area (Å²) in [6.45, 7) is 5.73. The van der Waals surface area contributed by atoms with Crippen LogP contribution in [0, 0.1) is 13.8 Å². The predicted octanol–water partition coefficient (Wildman–Crippen LogP) is 1.95. The zero-order valence-corrected chi connectivity index (χ0v) is 9.76. The van der Waals surface area contributed by atoms with Gasteiger partial charge >= 0.3 is 0 Å². The van der Waals surface area contributed by atoms with Gasteiger partial charge in [-0.1, -0.05) is 6.07 Å². The van der Waals surface area contributed by atoms with Gasteiger partial charge in [0.15, 0.2) is 0 Å². The van der Waals surface area contributed by atoms with Crippen LogP contribution in [0.4, 0.5) is 0 Å². The summed E-state index contributed by atoms with van der Waals surface area (Å²) in [5.41, 5.74) is 1.65. The maximum Gasteiger partial charge on any atom is 0.298 e. The minimum atomic E-state index is -4.22. The molecule has 0 saturated carbocycles. The average molecular weight is 230 g/mol. The molecular formula is C10H14O4S. The molecule has 1 aromatic carbocycles. The summed E-state index contributed by atoms with van der Waals surface area (Å²) in [7, 11) is -4.22. The van der Waals surface area contributed by atoms with E-state index < -0.39 is 10.1 Å². The van der Waals surface area contributed by atoms with Crippen LogP contribution in [0.25, 0.3) is 0 Å². The molecule has 84 valence electrons. The van der Waals surface area contributed by atoms with Crippen LogP contribution in [-0.2, 0) is 10.1 Å². The zero-order chi connectivity index (χ0) is 11.6. The summed E-state index contributed by atoms with van der Waals surface area (Å²) in [6.07, 6.45) is 0. The van der Waals surface area contributed by atoms with Gasteiger partial charge < -0.3 is 4.74 Å². The molecule has 0 aliphatic carbocycles. The van der Waals surface area contributed by atoms with Crippen molar-refractivity contribution in [1.82, 2.24) is 0 Å². The van der Waals surface area contributed by atoms with Gasteiger partial charge in [-0.2, -0.15) is 8.42 Å². The van der Waals surface area contributed by atoms with Crippen molar-refractivity contribution in [1.29, 1.82) is 0 Å². The van der Waals surface area contributed by atoms with E-state index >= 15 is 0 Å². The fourth-order valence-electron chi connectivity index (χ4n) is 1.29. The number of aryl methyl sites for hydroxylation is 1. The second kappa shape index (κ2) is 4.20. The molecule has 0 fully saturated rings. The van der Waals surface area contributed by atoms with Crippen LogP contribution in [0.15, 0.2) is 17.0 Å². The van der Waals surface area contributed by atoms with Gasteiger partial charge in [-0.05, 0) is 38.0 Å². The van der Waals surface area contributed by atoms with E-state index in [2.05, 4.69) is 0 Å². The number of benzene rings is 1. The maximum atomic E-state index is 11.1. The number of ether oxygens (including phenoxy) is 1. The van der Waals surface area contributed by atoms with E-state index in [0.29, 0.717) is 6.61 Å². The summed E-state index contributed by atoms with van der Waals surface area (Å²) in [4.78, 5) is -0.174. The first-order valence-corrected chi connectivity index (χ1v) is 6.02. The van der Waals surface area contributed by atoms with Crippen LogP contribution < -0.4 is 4.74 Å². The number of hydrogen-bond donors (Lipinski definition) is 1. The van der Waals surface area contributed by atoms with Gasteiger partial charge in [-0.15, -0.1) is 0 Å². The molecule has 0 saturated heterocycles. The van der Waals surface area contributed by atoms with Gasteiger partial charge in [0.25, 0.3) is 10.1 Å². The van der Waals surface area contributed by atoms with Gasteiger partial charge in [0.1, 0.15) is 10.6 Å². The highest BCUT2D eigenvalue weighted by Gasteiger charge is 2.19. The third-order valence-corrected chi connectivity index (χ3v) is 3.08. The van der Waals surface area contributed by atoms with E-state index in [1.54, 1.807) is 19.9 Å². The van der Waals surface area contributed by atoms with Gasteiger partial charge in [0.2, 0.25) is 0 Å². The first kappa shape index (κ1) is 12.0. The zero-order valence-electron chi connectivity index (χ0n) is 8.94. The first-order valence-electron chi connectivity index (χ1n) is 4.58. The molecule has 0 unspecified atom stereocenters. The fraction of sp³-hybridized carbons (Fsp3) is 0.400. The quantitative estimate of drug-likeness (QED) is 0.806. The molecule has 4 nitrogen and oxygen atoms in total. The van der Waals surface area contributed by atoms with Crippen molar-refractivity contribution in [3.8, 4) is 5.75 Å². The molecule has 0 radical (unpaired) electrons. The van der Waals surface area contributed by atoms with Crippen molar-refractivity contribution in [2.45, 2.75) is 25.7 Å². The van der Waals surface area contributed by atoms with Crippen molar-refractivity contribution in [2.24, 2.45) is 0 Å². The molecule has 0 bridgehead atoms. The van der Waals surface area contributed by atoms with Gasteiger partial charge in [0.05, 0.1) is 6.61 Å². The van der Waals surface area contributed by atoms with E-state index in [-0.39, 0.29) is 10.6 Å². The third kappa shape index (κ3) is 2.49. The fourth-order valence-corrected chi connectivity index (χ4v) is 1.98. The lowest BCUT2D eigenvalue weighted by Crippen LogP contribution is -2.05. The van der Waals surface area contributed by atoms with Crippen LogP contribution >= 0.6 is 0 Å². The van der Waals surface area contributed by atoms with E-state index in [0.717, 1.165) is 11.1 Å². The van der Waals surface area contributed by atoms with Crippen LogP contribution in [-0.4, -0.2) is 19.6 Å². The molecule has 0 heterocycles. The number of rotatable bonds is 3. The predicted molar refractivity (Wildman–Crippen MR) is 56.9 cm³/mol. The Kier molecular flexibility index (Phi) is 3.36. The van der Waals surface area contributed by atoms with Crippen molar-refractivity contribution in [2.75, 3.05) is 6.61 Å². The molecule has 15 heavy (non-hydrogen) atoms. The van der Waals surface area contributed by atoms with Gasteiger partial charge in [-0.25, -0.2) is 0 Å². The topological polar surface area (TPSA) is 63.6 Å². The molecule has 0 spiro atoms. The summed E-state index contributed by atoms with van der Waals surface area (Å²) in [5, 5.41) is 0. The Morgan fingerprint density at radius 1 is 1.33 bits per heavy atom. The van der Waals surface area contributed by atoms with Gasteiger partial charge in [-0.3, -0.25) is 4.55 Å². The molecule has 0 aromatic heterocycles. The minimum absolute atomic E-state index is 0.174. The SMILES string of the molecule is CCOc1c(S(=O)(=O)O)ccc(C)c1C. The van der Waals surface area contributed by atoms with Crippen molar-refractivity contribution in [3.63, 3.8) is 0 Å². The van der Waals surface area contributed by atoms with Gasteiger partial charge in [0, 0.05) is 0 Å². The normalized spacial score (nSPS) is 11.5. The molecule has 0 amide bonds. The summed E-state index contributed by atoms with van der Waals surface area (Å²) in [6, 6.07) is 2.99. The third-order valence-electron chi connectivity index (χ3n) is 2.21. The molecule has 0 atom stereocenters. The minimum Gasteiger partial charge on any atom is -0.492 e. The Bertz CT molecular complexity index is 463. The lowest BCUT2D eigenvalue weighted by molar-refractivity contribution is 0.326. The van der Waals surface area contributed by atoms with Crippen LogP contribution in [0.2, 0.25) is 0 Å². The first-order chi connectivity index (χ1) is 6.88. The molecule has 1 aromatic rings. The Hall–Kier alpha value is -1.07. The molecule has 0 aliphatic rings.